The van der Waals surface area contributed by atoms with Gasteiger partial charge in [-0.05, 0) is 38.6 Å². The van der Waals surface area contributed by atoms with E-state index in [9.17, 15) is 4.79 Å². The van der Waals surface area contributed by atoms with Crippen molar-refractivity contribution in [2.75, 3.05) is 13.1 Å². The third-order valence-corrected chi connectivity index (χ3v) is 4.45. The summed E-state index contributed by atoms with van der Waals surface area (Å²) in [7, 11) is 0. The average molecular weight is 252 g/mol. The van der Waals surface area contributed by atoms with E-state index >= 15 is 0 Å². The summed E-state index contributed by atoms with van der Waals surface area (Å²) in [6.45, 7) is 8.51. The molecule has 1 N–H and O–H groups in total. The number of rotatable bonds is 4. The maximum absolute atomic E-state index is 12.8. The number of hydrogen-bond acceptors (Lipinski definition) is 2. The van der Waals surface area contributed by atoms with Crippen molar-refractivity contribution in [3.8, 4) is 0 Å². The Morgan fingerprint density at radius 1 is 1.28 bits per heavy atom. The van der Waals surface area contributed by atoms with Crippen molar-refractivity contribution in [3.05, 3.63) is 0 Å². The second-order valence-corrected chi connectivity index (χ2v) is 6.46. The van der Waals surface area contributed by atoms with Crippen LogP contribution in [0.15, 0.2) is 0 Å². The Morgan fingerprint density at radius 3 is 2.44 bits per heavy atom. The van der Waals surface area contributed by atoms with E-state index < -0.39 is 0 Å². The first kappa shape index (κ1) is 13.9. The summed E-state index contributed by atoms with van der Waals surface area (Å²) in [5.41, 5.74) is 0. The molecule has 3 heteroatoms. The Hall–Kier alpha value is -0.570. The Bertz CT molecular complexity index is 284. The van der Waals surface area contributed by atoms with Gasteiger partial charge in [0, 0.05) is 18.6 Å². The zero-order valence-corrected chi connectivity index (χ0v) is 12.1. The van der Waals surface area contributed by atoms with Crippen LogP contribution in [0, 0.1) is 11.8 Å². The SMILES string of the molecule is CC(C)CN(C(=O)C1CCNC1C)C1CCCC1. The first-order valence-electron chi connectivity index (χ1n) is 7.63. The molecule has 3 nitrogen and oxygen atoms in total. The van der Waals surface area contributed by atoms with E-state index in [0.717, 1.165) is 19.5 Å². The van der Waals surface area contributed by atoms with Gasteiger partial charge in [-0.1, -0.05) is 26.7 Å². The van der Waals surface area contributed by atoms with Crippen molar-refractivity contribution < 1.29 is 4.79 Å². The number of amides is 1. The van der Waals surface area contributed by atoms with Crippen LogP contribution < -0.4 is 5.32 Å². The molecule has 0 aromatic carbocycles. The second kappa shape index (κ2) is 6.05. The maximum Gasteiger partial charge on any atom is 0.227 e. The summed E-state index contributed by atoms with van der Waals surface area (Å²) in [5.74, 6) is 1.19. The summed E-state index contributed by atoms with van der Waals surface area (Å²) in [6, 6.07) is 0.876. The van der Waals surface area contributed by atoms with E-state index in [1.54, 1.807) is 0 Å². The Labute approximate surface area is 111 Å². The van der Waals surface area contributed by atoms with Gasteiger partial charge in [0.05, 0.1) is 5.92 Å². The molecule has 1 heterocycles. The normalized spacial score (nSPS) is 29.1. The molecule has 2 rings (SSSR count). The van der Waals surface area contributed by atoms with Gasteiger partial charge < -0.3 is 10.2 Å². The smallest absolute Gasteiger partial charge is 0.227 e. The van der Waals surface area contributed by atoms with Gasteiger partial charge in [-0.3, -0.25) is 4.79 Å². The number of nitrogens with zero attached hydrogens (tertiary/aromatic N) is 1. The predicted octanol–water partition coefficient (Wildman–Crippen LogP) is 2.41. The standard InChI is InChI=1S/C15H28N2O/c1-11(2)10-17(13-6-4-5-7-13)15(18)14-8-9-16-12(14)3/h11-14,16H,4-10H2,1-3H3. The Balaban J connectivity index is 2.04. The van der Waals surface area contributed by atoms with Crippen molar-refractivity contribution in [2.45, 2.75) is 65.0 Å². The van der Waals surface area contributed by atoms with Gasteiger partial charge in [0.15, 0.2) is 0 Å². The highest BCUT2D eigenvalue weighted by atomic mass is 16.2. The molecule has 1 saturated heterocycles. The van der Waals surface area contributed by atoms with Gasteiger partial charge >= 0.3 is 0 Å². The van der Waals surface area contributed by atoms with Crippen LogP contribution in [0.25, 0.3) is 0 Å². The molecule has 18 heavy (non-hydrogen) atoms. The van der Waals surface area contributed by atoms with Gasteiger partial charge in [-0.2, -0.15) is 0 Å². The Morgan fingerprint density at radius 2 is 1.94 bits per heavy atom. The molecular formula is C15H28N2O. The third-order valence-electron chi connectivity index (χ3n) is 4.45. The monoisotopic (exact) mass is 252 g/mol. The summed E-state index contributed by atoms with van der Waals surface area (Å²) < 4.78 is 0. The quantitative estimate of drug-likeness (QED) is 0.833. The molecule has 2 atom stereocenters. The van der Waals surface area contributed by atoms with Crippen LogP contribution in [0.1, 0.15) is 52.9 Å². The number of hydrogen-bond donors (Lipinski definition) is 1. The fraction of sp³-hybridized carbons (Fsp3) is 0.933. The number of carbonyl (C=O) groups is 1. The molecule has 2 aliphatic rings. The van der Waals surface area contributed by atoms with E-state index in [0.29, 0.717) is 23.9 Å². The van der Waals surface area contributed by atoms with E-state index in [2.05, 4.69) is 31.0 Å². The van der Waals surface area contributed by atoms with Gasteiger partial charge in [0.1, 0.15) is 0 Å². The van der Waals surface area contributed by atoms with Crippen LogP contribution >= 0.6 is 0 Å². The molecule has 0 spiro atoms. The van der Waals surface area contributed by atoms with Crippen molar-refractivity contribution >= 4 is 5.91 Å². The summed E-state index contributed by atoms with van der Waals surface area (Å²) >= 11 is 0. The average Bonchev–Trinajstić information content (AvgIpc) is 2.95. The van der Waals surface area contributed by atoms with Crippen LogP contribution in [0.4, 0.5) is 0 Å². The molecular weight excluding hydrogens is 224 g/mol. The lowest BCUT2D eigenvalue weighted by atomic mass is 9.98. The lowest BCUT2D eigenvalue weighted by Crippen LogP contribution is -2.46. The zero-order valence-electron chi connectivity index (χ0n) is 12.1. The van der Waals surface area contributed by atoms with Crippen LogP contribution in [0.5, 0.6) is 0 Å². The minimum atomic E-state index is 0.212. The number of nitrogens with one attached hydrogen (secondary N) is 1. The molecule has 1 amide bonds. The molecule has 2 unspecified atom stereocenters. The van der Waals surface area contributed by atoms with Crippen molar-refractivity contribution in [3.63, 3.8) is 0 Å². The predicted molar refractivity (Wildman–Crippen MR) is 74.4 cm³/mol. The highest BCUT2D eigenvalue weighted by Crippen LogP contribution is 2.28. The second-order valence-electron chi connectivity index (χ2n) is 6.46. The largest absolute Gasteiger partial charge is 0.339 e. The fourth-order valence-corrected chi connectivity index (χ4v) is 3.44. The fourth-order valence-electron chi connectivity index (χ4n) is 3.44. The Kier molecular flexibility index (Phi) is 4.66. The van der Waals surface area contributed by atoms with Crippen molar-refractivity contribution in [1.29, 1.82) is 0 Å². The summed E-state index contributed by atoms with van der Waals surface area (Å²) in [5, 5.41) is 3.40. The van der Waals surface area contributed by atoms with Gasteiger partial charge in [0.25, 0.3) is 0 Å². The molecule has 104 valence electrons. The van der Waals surface area contributed by atoms with Crippen LogP contribution in [-0.4, -0.2) is 36.0 Å². The lowest BCUT2D eigenvalue weighted by molar-refractivity contribution is -0.138. The van der Waals surface area contributed by atoms with Crippen molar-refractivity contribution in [2.24, 2.45) is 11.8 Å². The maximum atomic E-state index is 12.8. The molecule has 0 aromatic rings. The molecule has 0 aromatic heterocycles. The highest BCUT2D eigenvalue weighted by Gasteiger charge is 2.36. The van der Waals surface area contributed by atoms with Crippen LogP contribution in [-0.2, 0) is 4.79 Å². The van der Waals surface area contributed by atoms with Gasteiger partial charge in [0.2, 0.25) is 5.91 Å². The lowest BCUT2D eigenvalue weighted by Gasteiger charge is -2.33. The van der Waals surface area contributed by atoms with Crippen LogP contribution in [0.3, 0.4) is 0 Å². The van der Waals surface area contributed by atoms with Crippen molar-refractivity contribution in [1.82, 2.24) is 10.2 Å². The van der Waals surface area contributed by atoms with Gasteiger partial charge in [-0.15, -0.1) is 0 Å². The van der Waals surface area contributed by atoms with E-state index in [1.165, 1.54) is 25.7 Å². The minimum absolute atomic E-state index is 0.212. The van der Waals surface area contributed by atoms with Crippen LogP contribution in [0.2, 0.25) is 0 Å². The highest BCUT2D eigenvalue weighted by molar-refractivity contribution is 5.80. The minimum Gasteiger partial charge on any atom is -0.339 e. The van der Waals surface area contributed by atoms with Gasteiger partial charge in [-0.25, -0.2) is 0 Å². The molecule has 1 saturated carbocycles. The third kappa shape index (κ3) is 3.05. The zero-order chi connectivity index (χ0) is 13.1. The molecule has 2 fully saturated rings. The number of carbonyl (C=O) groups excluding carboxylic acids is 1. The molecule has 1 aliphatic heterocycles. The molecule has 0 radical (unpaired) electrons. The summed E-state index contributed by atoms with van der Waals surface area (Å²) in [6.07, 6.45) is 6.04. The van der Waals surface area contributed by atoms with E-state index in [4.69, 9.17) is 0 Å². The van der Waals surface area contributed by atoms with E-state index in [-0.39, 0.29) is 5.92 Å². The first-order valence-corrected chi connectivity index (χ1v) is 7.63. The molecule has 0 bridgehead atoms. The van der Waals surface area contributed by atoms with E-state index in [1.807, 2.05) is 0 Å². The first-order chi connectivity index (χ1) is 8.59. The summed E-state index contributed by atoms with van der Waals surface area (Å²) in [4.78, 5) is 15.0. The molecule has 1 aliphatic carbocycles. The topological polar surface area (TPSA) is 32.3 Å².